The van der Waals surface area contributed by atoms with E-state index in [2.05, 4.69) is 5.32 Å². The van der Waals surface area contributed by atoms with E-state index in [0.29, 0.717) is 6.04 Å². The number of hydrogen-bond donors (Lipinski definition) is 3. The van der Waals surface area contributed by atoms with E-state index < -0.39 is 0 Å². The molecule has 0 saturated heterocycles. The minimum absolute atomic E-state index is 0.273. The third-order valence-corrected chi connectivity index (χ3v) is 2.96. The maximum Gasteiger partial charge on any atom is 0.0443 e. The van der Waals surface area contributed by atoms with Crippen molar-refractivity contribution < 1.29 is 5.11 Å². The lowest BCUT2D eigenvalue weighted by Crippen LogP contribution is -2.41. The van der Waals surface area contributed by atoms with Crippen LogP contribution >= 0.6 is 0 Å². The van der Waals surface area contributed by atoms with Crippen LogP contribution in [-0.2, 0) is 0 Å². The Hall–Kier alpha value is -0.120. The van der Waals surface area contributed by atoms with Gasteiger partial charge < -0.3 is 16.2 Å². The highest BCUT2D eigenvalue weighted by molar-refractivity contribution is 4.81. The van der Waals surface area contributed by atoms with Crippen molar-refractivity contribution in [2.24, 2.45) is 11.7 Å². The molecular formula is C10H22N2O. The van der Waals surface area contributed by atoms with Crippen LogP contribution in [-0.4, -0.2) is 30.8 Å². The number of rotatable bonds is 6. The van der Waals surface area contributed by atoms with Crippen LogP contribution in [0.1, 0.15) is 32.1 Å². The maximum absolute atomic E-state index is 8.65. The predicted octanol–water partition coefficient (Wildman–Crippen LogP) is 0.476. The van der Waals surface area contributed by atoms with E-state index in [9.17, 15) is 0 Å². The van der Waals surface area contributed by atoms with E-state index in [4.69, 9.17) is 10.8 Å². The van der Waals surface area contributed by atoms with E-state index in [1.165, 1.54) is 25.7 Å². The Kier molecular flexibility index (Phi) is 5.35. The molecule has 0 amide bonds. The summed E-state index contributed by atoms with van der Waals surface area (Å²) in [5.74, 6) is 0.781. The van der Waals surface area contributed by atoms with Gasteiger partial charge in [-0.1, -0.05) is 12.8 Å². The van der Waals surface area contributed by atoms with Crippen molar-refractivity contribution in [2.75, 3.05) is 19.7 Å². The first-order chi connectivity index (χ1) is 6.38. The first kappa shape index (κ1) is 11.0. The quantitative estimate of drug-likeness (QED) is 0.529. The molecule has 0 aromatic heterocycles. The van der Waals surface area contributed by atoms with E-state index in [0.717, 1.165) is 25.4 Å². The molecule has 3 nitrogen and oxygen atoms in total. The lowest BCUT2D eigenvalue weighted by Gasteiger charge is -2.22. The maximum atomic E-state index is 8.65. The zero-order chi connectivity index (χ0) is 9.52. The lowest BCUT2D eigenvalue weighted by atomic mass is 9.98. The molecule has 1 aliphatic carbocycles. The van der Waals surface area contributed by atoms with E-state index in [1.807, 2.05) is 0 Å². The molecule has 0 radical (unpaired) electrons. The van der Waals surface area contributed by atoms with Crippen LogP contribution in [0, 0.1) is 5.92 Å². The third kappa shape index (κ3) is 3.63. The van der Waals surface area contributed by atoms with Gasteiger partial charge in [0.15, 0.2) is 0 Å². The molecule has 0 bridgehead atoms. The smallest absolute Gasteiger partial charge is 0.0443 e. The molecule has 0 spiro atoms. The zero-order valence-corrected chi connectivity index (χ0v) is 8.34. The van der Waals surface area contributed by atoms with Crippen LogP contribution < -0.4 is 11.1 Å². The molecule has 1 atom stereocenters. The van der Waals surface area contributed by atoms with Crippen molar-refractivity contribution in [3.8, 4) is 0 Å². The molecule has 0 aromatic carbocycles. The van der Waals surface area contributed by atoms with Crippen LogP contribution in [0.2, 0.25) is 0 Å². The average Bonchev–Trinajstić information content (AvgIpc) is 2.65. The molecule has 1 unspecified atom stereocenters. The average molecular weight is 186 g/mol. The molecule has 3 heteroatoms. The molecular weight excluding hydrogens is 164 g/mol. The summed E-state index contributed by atoms with van der Waals surface area (Å²) in [6, 6.07) is 0.481. The van der Waals surface area contributed by atoms with Crippen LogP contribution in [0.5, 0.6) is 0 Å². The molecule has 0 aliphatic heterocycles. The summed E-state index contributed by atoms with van der Waals surface area (Å²) in [5, 5.41) is 12.1. The monoisotopic (exact) mass is 186 g/mol. The standard InChI is InChI=1S/C10H22N2O/c11-8-10(12-6-3-7-13)9-4-1-2-5-9/h9-10,12-13H,1-8,11H2. The van der Waals surface area contributed by atoms with Gasteiger partial charge in [-0.15, -0.1) is 0 Å². The summed E-state index contributed by atoms with van der Waals surface area (Å²) in [7, 11) is 0. The largest absolute Gasteiger partial charge is 0.396 e. The summed E-state index contributed by atoms with van der Waals surface area (Å²) in [4.78, 5) is 0. The van der Waals surface area contributed by atoms with Gasteiger partial charge >= 0.3 is 0 Å². The Morgan fingerprint density at radius 1 is 1.38 bits per heavy atom. The van der Waals surface area contributed by atoms with Gasteiger partial charge in [-0.05, 0) is 31.7 Å². The Bertz CT molecular complexity index is 124. The molecule has 1 aliphatic rings. The van der Waals surface area contributed by atoms with Crippen molar-refractivity contribution >= 4 is 0 Å². The van der Waals surface area contributed by atoms with Crippen LogP contribution in [0.25, 0.3) is 0 Å². The minimum Gasteiger partial charge on any atom is -0.396 e. The van der Waals surface area contributed by atoms with Gasteiger partial charge in [0.2, 0.25) is 0 Å². The topological polar surface area (TPSA) is 58.3 Å². The first-order valence-electron chi connectivity index (χ1n) is 5.42. The second-order valence-electron chi connectivity index (χ2n) is 3.92. The summed E-state index contributed by atoms with van der Waals surface area (Å²) in [5.41, 5.74) is 5.71. The summed E-state index contributed by atoms with van der Waals surface area (Å²) < 4.78 is 0. The van der Waals surface area contributed by atoms with Gasteiger partial charge in [-0.2, -0.15) is 0 Å². The Labute approximate surface area is 80.7 Å². The molecule has 0 aromatic rings. The number of nitrogens with one attached hydrogen (secondary N) is 1. The summed E-state index contributed by atoms with van der Waals surface area (Å²) >= 11 is 0. The van der Waals surface area contributed by atoms with Gasteiger partial charge in [-0.25, -0.2) is 0 Å². The van der Waals surface area contributed by atoms with E-state index in [1.54, 1.807) is 0 Å². The molecule has 4 N–H and O–H groups in total. The van der Waals surface area contributed by atoms with Gasteiger partial charge in [0.05, 0.1) is 0 Å². The minimum atomic E-state index is 0.273. The normalized spacial score (nSPS) is 20.8. The molecule has 78 valence electrons. The second-order valence-corrected chi connectivity index (χ2v) is 3.92. The highest BCUT2D eigenvalue weighted by atomic mass is 16.3. The number of hydrogen-bond acceptors (Lipinski definition) is 3. The van der Waals surface area contributed by atoms with Crippen LogP contribution in [0.15, 0.2) is 0 Å². The Balaban J connectivity index is 2.16. The number of aliphatic hydroxyl groups excluding tert-OH is 1. The van der Waals surface area contributed by atoms with Crippen molar-refractivity contribution in [2.45, 2.75) is 38.1 Å². The van der Waals surface area contributed by atoms with E-state index >= 15 is 0 Å². The van der Waals surface area contributed by atoms with Crippen molar-refractivity contribution in [1.82, 2.24) is 5.32 Å². The van der Waals surface area contributed by atoms with Gasteiger partial charge in [0, 0.05) is 19.2 Å². The summed E-state index contributed by atoms with van der Waals surface area (Å²) in [6.07, 6.45) is 6.22. The highest BCUT2D eigenvalue weighted by Crippen LogP contribution is 2.27. The lowest BCUT2D eigenvalue weighted by molar-refractivity contribution is 0.276. The number of nitrogens with two attached hydrogens (primary N) is 1. The van der Waals surface area contributed by atoms with Gasteiger partial charge in [0.25, 0.3) is 0 Å². The first-order valence-corrected chi connectivity index (χ1v) is 5.42. The highest BCUT2D eigenvalue weighted by Gasteiger charge is 2.22. The fourth-order valence-electron chi connectivity index (χ4n) is 2.17. The molecule has 1 fully saturated rings. The molecule has 1 saturated carbocycles. The fraction of sp³-hybridized carbons (Fsp3) is 1.00. The van der Waals surface area contributed by atoms with Crippen LogP contribution in [0.4, 0.5) is 0 Å². The molecule has 1 rings (SSSR count). The fourth-order valence-corrected chi connectivity index (χ4v) is 2.17. The van der Waals surface area contributed by atoms with Crippen molar-refractivity contribution in [1.29, 1.82) is 0 Å². The third-order valence-electron chi connectivity index (χ3n) is 2.96. The van der Waals surface area contributed by atoms with Gasteiger partial charge in [0.1, 0.15) is 0 Å². The molecule has 13 heavy (non-hydrogen) atoms. The summed E-state index contributed by atoms with van der Waals surface area (Å²) in [6.45, 7) is 1.90. The predicted molar refractivity (Wildman–Crippen MR) is 54.5 cm³/mol. The van der Waals surface area contributed by atoms with Gasteiger partial charge in [-0.3, -0.25) is 0 Å². The Morgan fingerprint density at radius 2 is 2.08 bits per heavy atom. The zero-order valence-electron chi connectivity index (χ0n) is 8.34. The SMILES string of the molecule is NCC(NCCCO)C1CCCC1. The van der Waals surface area contributed by atoms with Crippen molar-refractivity contribution in [3.05, 3.63) is 0 Å². The second kappa shape index (κ2) is 6.35. The Morgan fingerprint density at radius 3 is 2.62 bits per heavy atom. The number of aliphatic hydroxyl groups is 1. The van der Waals surface area contributed by atoms with Crippen LogP contribution in [0.3, 0.4) is 0 Å². The molecule has 0 heterocycles. The van der Waals surface area contributed by atoms with E-state index in [-0.39, 0.29) is 6.61 Å². The van der Waals surface area contributed by atoms with Crippen molar-refractivity contribution in [3.63, 3.8) is 0 Å².